The molecule has 0 aliphatic carbocycles. The van der Waals surface area contributed by atoms with Crippen LogP contribution in [0.15, 0.2) is 83.0 Å². The number of azo groups is 1. The molecule has 0 bridgehead atoms. The van der Waals surface area contributed by atoms with Crippen molar-refractivity contribution < 1.29 is 29.0 Å². The van der Waals surface area contributed by atoms with Crippen molar-refractivity contribution in [3.8, 4) is 11.5 Å². The quantitative estimate of drug-likeness (QED) is 0.113. The first-order chi connectivity index (χ1) is 27.8. The number of hydrogen-bond acceptors (Lipinski definition) is 8. The fourth-order valence-electron chi connectivity index (χ4n) is 8.73. The number of fused-ring (bicyclic) bond motifs is 7. The average Bonchev–Trinajstić information content (AvgIpc) is 4.08. The molecule has 3 aliphatic rings. The molecular formula is C43H38N8O6. The Hall–Kier alpha value is -7.09. The summed E-state index contributed by atoms with van der Waals surface area (Å²) in [5.74, 6) is -0.00549. The van der Waals surface area contributed by atoms with E-state index in [1.165, 1.54) is 0 Å². The van der Waals surface area contributed by atoms with Crippen LogP contribution in [0.4, 0.5) is 28.4 Å². The van der Waals surface area contributed by atoms with E-state index in [1.54, 1.807) is 30.1 Å². The van der Waals surface area contributed by atoms with Crippen LogP contribution in [0, 0.1) is 0 Å². The zero-order valence-corrected chi connectivity index (χ0v) is 31.3. The van der Waals surface area contributed by atoms with Gasteiger partial charge in [0.15, 0.2) is 0 Å². The van der Waals surface area contributed by atoms with E-state index in [-0.39, 0.29) is 17.5 Å². The molecule has 2 amide bonds. The number of benzene rings is 4. The summed E-state index contributed by atoms with van der Waals surface area (Å²) >= 11 is 0. The summed E-state index contributed by atoms with van der Waals surface area (Å²) in [6.07, 6.45) is 3.56. The molecule has 3 aromatic heterocycles. The number of H-pyrrole nitrogens is 3. The number of nitrogens with zero attached hydrogens (tertiary/aromatic N) is 5. The first-order valence-corrected chi connectivity index (χ1v) is 19.0. The number of carbonyl (C=O) groups is 3. The summed E-state index contributed by atoms with van der Waals surface area (Å²) in [6.45, 7) is 2.94. The lowest BCUT2D eigenvalue weighted by Gasteiger charge is -2.21. The molecule has 14 heteroatoms. The fraction of sp³-hybridized carbons (Fsp3) is 0.233. The van der Waals surface area contributed by atoms with E-state index in [4.69, 9.17) is 9.47 Å². The van der Waals surface area contributed by atoms with E-state index >= 15 is 0 Å². The molecule has 3 aliphatic heterocycles. The maximum atomic E-state index is 14.0. The lowest BCUT2D eigenvalue weighted by atomic mass is 10.1. The molecule has 0 unspecified atom stereocenters. The van der Waals surface area contributed by atoms with Crippen molar-refractivity contribution in [2.45, 2.75) is 25.7 Å². The number of nitrogens with one attached hydrogen (secondary N) is 3. The van der Waals surface area contributed by atoms with Gasteiger partial charge in [-0.3, -0.25) is 9.59 Å². The van der Waals surface area contributed by atoms with Crippen molar-refractivity contribution >= 4 is 78.9 Å². The van der Waals surface area contributed by atoms with E-state index in [0.29, 0.717) is 54.4 Å². The second-order valence-electron chi connectivity index (χ2n) is 14.7. The van der Waals surface area contributed by atoms with Gasteiger partial charge >= 0.3 is 5.97 Å². The van der Waals surface area contributed by atoms with Crippen molar-refractivity contribution in [1.29, 1.82) is 0 Å². The number of anilines is 3. The molecule has 0 saturated carbocycles. The number of aromatic amines is 3. The minimum atomic E-state index is -1.02. The zero-order valence-electron chi connectivity index (χ0n) is 31.3. The van der Waals surface area contributed by atoms with Gasteiger partial charge in [-0.25, -0.2) is 4.79 Å². The highest BCUT2D eigenvalue weighted by atomic mass is 16.5. The van der Waals surface area contributed by atoms with Gasteiger partial charge in [-0.2, -0.15) is 5.11 Å². The van der Waals surface area contributed by atoms with Crippen LogP contribution in [-0.2, 0) is 12.8 Å². The van der Waals surface area contributed by atoms with Gasteiger partial charge in [0.05, 0.1) is 25.6 Å². The van der Waals surface area contributed by atoms with E-state index < -0.39 is 5.97 Å². The number of carbonyl (C=O) groups excluding carboxylic acids is 2. The molecule has 1 saturated heterocycles. The maximum Gasteiger partial charge on any atom is 0.352 e. The minimum absolute atomic E-state index is 0.121. The van der Waals surface area contributed by atoms with Crippen molar-refractivity contribution in [1.82, 2.24) is 15.0 Å². The normalized spacial score (nSPS) is 15.1. The molecule has 286 valence electrons. The van der Waals surface area contributed by atoms with E-state index in [9.17, 15) is 19.5 Å². The largest absolute Gasteiger partial charge is 0.494 e. The Morgan fingerprint density at radius 2 is 1.19 bits per heavy atom. The molecule has 0 spiro atoms. The molecule has 57 heavy (non-hydrogen) atoms. The molecule has 4 N–H and O–H groups in total. The van der Waals surface area contributed by atoms with Gasteiger partial charge in [-0.1, -0.05) is 0 Å². The molecule has 7 aromatic rings. The van der Waals surface area contributed by atoms with Gasteiger partial charge in [-0.15, -0.1) is 5.11 Å². The second-order valence-corrected chi connectivity index (χ2v) is 14.7. The number of carboxylic acids is 1. The smallest absolute Gasteiger partial charge is 0.352 e. The molecule has 0 atom stereocenters. The van der Waals surface area contributed by atoms with Gasteiger partial charge in [0.1, 0.15) is 34.3 Å². The number of rotatable bonds is 8. The molecule has 10 rings (SSSR count). The Morgan fingerprint density at radius 1 is 0.614 bits per heavy atom. The predicted octanol–water partition coefficient (Wildman–Crippen LogP) is 8.27. The van der Waals surface area contributed by atoms with Crippen LogP contribution >= 0.6 is 0 Å². The number of ether oxygens (including phenoxy) is 2. The Labute approximate surface area is 325 Å². The van der Waals surface area contributed by atoms with Crippen LogP contribution in [0.5, 0.6) is 11.5 Å². The highest BCUT2D eigenvalue weighted by Gasteiger charge is 2.32. The lowest BCUT2D eigenvalue weighted by Crippen LogP contribution is -2.29. The molecule has 4 aromatic carbocycles. The Balaban J connectivity index is 0.883. The minimum Gasteiger partial charge on any atom is -0.494 e. The first kappa shape index (κ1) is 34.4. The highest BCUT2D eigenvalue weighted by molar-refractivity contribution is 6.13. The van der Waals surface area contributed by atoms with Gasteiger partial charge in [0.2, 0.25) is 0 Å². The third-order valence-electron chi connectivity index (χ3n) is 11.5. The molecule has 6 heterocycles. The predicted molar refractivity (Wildman–Crippen MR) is 218 cm³/mol. The van der Waals surface area contributed by atoms with Gasteiger partial charge in [0.25, 0.3) is 11.8 Å². The summed E-state index contributed by atoms with van der Waals surface area (Å²) in [7, 11) is 3.27. The number of hydrogen-bond donors (Lipinski definition) is 4. The summed E-state index contributed by atoms with van der Waals surface area (Å²) in [5.41, 5.74) is 9.11. The Bertz CT molecular complexity index is 2840. The average molecular weight is 763 g/mol. The second kappa shape index (κ2) is 13.3. The van der Waals surface area contributed by atoms with Crippen molar-refractivity contribution in [3.63, 3.8) is 0 Å². The summed E-state index contributed by atoms with van der Waals surface area (Å²) in [6, 6.07) is 22.3. The number of aromatic carboxylic acids is 1. The molecular weight excluding hydrogens is 725 g/mol. The molecule has 0 radical (unpaired) electrons. The van der Waals surface area contributed by atoms with E-state index in [2.05, 4.69) is 30.1 Å². The fourth-order valence-corrected chi connectivity index (χ4v) is 8.73. The summed E-state index contributed by atoms with van der Waals surface area (Å²) < 4.78 is 11.4. The van der Waals surface area contributed by atoms with Crippen LogP contribution in [0.2, 0.25) is 0 Å². The number of amides is 2. The van der Waals surface area contributed by atoms with Crippen LogP contribution in [-0.4, -0.2) is 78.2 Å². The van der Waals surface area contributed by atoms with Crippen LogP contribution in [0.25, 0.3) is 32.7 Å². The van der Waals surface area contributed by atoms with E-state index in [1.807, 2.05) is 66.7 Å². The third-order valence-corrected chi connectivity index (χ3v) is 11.5. The standard InChI is InChI=1S/C43H38N8O6/c1-56-39-22-38(49-13-3-4-14-49)40(57-2)21-32(39)48-47-24-5-6-29-23(17-24)18-33(44-29)41(52)50-15-11-25-27-19-34(45-30(27)7-9-36(25)50)42(53)51-16-12-26-28-20-35(43(54)55)46-31(28)8-10-37(26)51/h5-10,17-22,44-46H,3-4,11-16H2,1-2H3,(H,54,55)/b48-47+. The van der Waals surface area contributed by atoms with Crippen LogP contribution in [0.1, 0.15) is 55.4 Å². The van der Waals surface area contributed by atoms with Crippen LogP contribution in [0.3, 0.4) is 0 Å². The van der Waals surface area contributed by atoms with Gasteiger partial charge in [-0.05, 0) is 97.5 Å². The van der Waals surface area contributed by atoms with E-state index in [0.717, 1.165) is 92.6 Å². The van der Waals surface area contributed by atoms with Gasteiger partial charge < -0.3 is 44.2 Å². The van der Waals surface area contributed by atoms with Crippen molar-refractivity contribution in [3.05, 3.63) is 101 Å². The Kier molecular flexibility index (Phi) is 8.02. The van der Waals surface area contributed by atoms with Crippen LogP contribution < -0.4 is 24.2 Å². The number of carboxylic acid groups (broad SMARTS) is 1. The van der Waals surface area contributed by atoms with Gasteiger partial charge in [0, 0.05) is 82.4 Å². The molecule has 14 nitrogen and oxygen atoms in total. The molecule has 1 fully saturated rings. The SMILES string of the molecule is COc1cc(N2CCCC2)c(OC)cc1/N=N/c1ccc2[nH]c(C(=O)N3CCc4c3ccc3[nH]c(C(=O)N5CCc6c5ccc5[nH]c(C(=O)O)cc65)cc43)cc2c1. The topological polar surface area (TPSA) is 172 Å². The first-order valence-electron chi connectivity index (χ1n) is 19.0. The highest BCUT2D eigenvalue weighted by Crippen LogP contribution is 2.42. The monoisotopic (exact) mass is 762 g/mol. The summed E-state index contributed by atoms with van der Waals surface area (Å²) in [5, 5.41) is 21.0. The number of aromatic nitrogens is 3. The maximum absolute atomic E-state index is 14.0. The lowest BCUT2D eigenvalue weighted by molar-refractivity contribution is 0.0691. The zero-order chi connectivity index (χ0) is 38.9. The summed E-state index contributed by atoms with van der Waals surface area (Å²) in [4.78, 5) is 54.9. The van der Waals surface area contributed by atoms with Crippen molar-refractivity contribution in [2.75, 3.05) is 55.1 Å². The number of methoxy groups -OCH3 is 2. The third kappa shape index (κ3) is 5.66. The Morgan fingerprint density at radius 3 is 1.82 bits per heavy atom. The van der Waals surface area contributed by atoms with Crippen molar-refractivity contribution in [2.24, 2.45) is 10.2 Å².